The lowest BCUT2D eigenvalue weighted by atomic mass is 9.79. The van der Waals surface area contributed by atoms with Gasteiger partial charge in [-0.25, -0.2) is 4.79 Å². The number of rotatable bonds is 7. The summed E-state index contributed by atoms with van der Waals surface area (Å²) >= 11 is 0. The van der Waals surface area contributed by atoms with E-state index in [1.165, 1.54) is 13.8 Å². The smallest absolute Gasteiger partial charge is 0.379 e. The van der Waals surface area contributed by atoms with Crippen molar-refractivity contribution in [2.24, 2.45) is 11.8 Å². The molecule has 2 unspecified atom stereocenters. The summed E-state index contributed by atoms with van der Waals surface area (Å²) in [6.07, 6.45) is -2.25. The minimum Gasteiger partial charge on any atom is -0.464 e. The number of hydrogen-bond donors (Lipinski definition) is 0. The van der Waals surface area contributed by atoms with Crippen LogP contribution in [0.25, 0.3) is 0 Å². The molecule has 1 saturated heterocycles. The van der Waals surface area contributed by atoms with Crippen molar-refractivity contribution in [1.29, 1.82) is 0 Å². The van der Waals surface area contributed by atoms with Gasteiger partial charge in [0.05, 0.1) is 7.11 Å². The van der Waals surface area contributed by atoms with Crippen LogP contribution in [0.1, 0.15) is 54.4 Å². The number of esters is 4. The molecule has 0 aromatic heterocycles. The van der Waals surface area contributed by atoms with E-state index in [1.54, 1.807) is 6.92 Å². The van der Waals surface area contributed by atoms with Crippen LogP contribution in [0.4, 0.5) is 0 Å². The first-order chi connectivity index (χ1) is 13.0. The topological polar surface area (TPSA) is 114 Å². The van der Waals surface area contributed by atoms with E-state index in [1.807, 2.05) is 13.8 Å². The van der Waals surface area contributed by atoms with Gasteiger partial charge in [0.2, 0.25) is 0 Å². The zero-order chi connectivity index (χ0) is 21.6. The Morgan fingerprint density at radius 3 is 2.04 bits per heavy atom. The molecule has 1 heterocycles. The number of ether oxygens (including phenoxy) is 5. The van der Waals surface area contributed by atoms with Crippen molar-refractivity contribution in [3.05, 3.63) is 0 Å². The first-order valence-corrected chi connectivity index (χ1v) is 9.27. The molecule has 160 valence electrons. The zero-order valence-electron chi connectivity index (χ0n) is 17.5. The monoisotopic (exact) mass is 402 g/mol. The Morgan fingerprint density at radius 1 is 1.04 bits per heavy atom. The second kappa shape index (κ2) is 9.86. The number of carbonyl (C=O) groups is 4. The standard InChI is InChI=1S/C19H30O9/c1-8-15(25-12(4)20)17(26-13(5)21)16-11(3)10(2)9-19(28-16,18(23)24-7)27-14(6)22/h10-11,15-17H,8-9H2,1-7H3/t10?,11-,15-,16?,17-,19+/m1/s1. The highest BCUT2D eigenvalue weighted by Crippen LogP contribution is 2.41. The highest BCUT2D eigenvalue weighted by Gasteiger charge is 2.56. The lowest BCUT2D eigenvalue weighted by Crippen LogP contribution is -2.60. The first-order valence-electron chi connectivity index (χ1n) is 9.27. The van der Waals surface area contributed by atoms with Gasteiger partial charge in [-0.1, -0.05) is 20.8 Å². The van der Waals surface area contributed by atoms with Crippen molar-refractivity contribution in [3.63, 3.8) is 0 Å². The maximum atomic E-state index is 12.5. The molecule has 0 N–H and O–H groups in total. The Balaban J connectivity index is 3.38. The lowest BCUT2D eigenvalue weighted by Gasteiger charge is -2.47. The highest BCUT2D eigenvalue weighted by atomic mass is 16.8. The van der Waals surface area contributed by atoms with Crippen molar-refractivity contribution in [1.82, 2.24) is 0 Å². The second-order valence-corrected chi connectivity index (χ2v) is 7.09. The fourth-order valence-electron chi connectivity index (χ4n) is 3.44. The summed E-state index contributed by atoms with van der Waals surface area (Å²) < 4.78 is 26.8. The summed E-state index contributed by atoms with van der Waals surface area (Å²) in [6, 6.07) is 0. The molecule has 0 aromatic carbocycles. The van der Waals surface area contributed by atoms with Crippen LogP contribution in [-0.4, -0.2) is 55.1 Å². The molecular weight excluding hydrogens is 372 g/mol. The molecule has 0 radical (unpaired) electrons. The molecular formula is C19H30O9. The second-order valence-electron chi connectivity index (χ2n) is 7.09. The number of methoxy groups -OCH3 is 1. The van der Waals surface area contributed by atoms with E-state index in [-0.39, 0.29) is 18.3 Å². The molecule has 6 atom stereocenters. The minimum absolute atomic E-state index is 0.0774. The normalized spacial score (nSPS) is 29.2. The molecule has 9 heteroatoms. The molecule has 0 bridgehead atoms. The van der Waals surface area contributed by atoms with Crippen molar-refractivity contribution >= 4 is 23.9 Å². The van der Waals surface area contributed by atoms with Gasteiger partial charge in [-0.15, -0.1) is 0 Å². The molecule has 1 rings (SSSR count). The largest absolute Gasteiger partial charge is 0.464 e. The van der Waals surface area contributed by atoms with Gasteiger partial charge in [0.25, 0.3) is 0 Å². The van der Waals surface area contributed by atoms with Gasteiger partial charge < -0.3 is 23.7 Å². The molecule has 1 fully saturated rings. The van der Waals surface area contributed by atoms with Crippen LogP contribution < -0.4 is 0 Å². The molecule has 0 amide bonds. The maximum Gasteiger partial charge on any atom is 0.379 e. The van der Waals surface area contributed by atoms with Crippen LogP contribution in [0.5, 0.6) is 0 Å². The predicted octanol–water partition coefficient (Wildman–Crippen LogP) is 1.75. The fourth-order valence-corrected chi connectivity index (χ4v) is 3.44. The number of hydrogen-bond acceptors (Lipinski definition) is 9. The van der Waals surface area contributed by atoms with Gasteiger partial charge in [-0.2, -0.15) is 0 Å². The molecule has 9 nitrogen and oxygen atoms in total. The molecule has 28 heavy (non-hydrogen) atoms. The molecule has 0 spiro atoms. The maximum absolute atomic E-state index is 12.5. The van der Waals surface area contributed by atoms with Gasteiger partial charge in [-0.05, 0) is 18.3 Å². The van der Waals surface area contributed by atoms with Crippen molar-refractivity contribution in [3.8, 4) is 0 Å². The lowest BCUT2D eigenvalue weighted by molar-refractivity contribution is -0.302. The summed E-state index contributed by atoms with van der Waals surface area (Å²) in [5, 5.41) is 0. The van der Waals surface area contributed by atoms with Crippen LogP contribution >= 0.6 is 0 Å². The van der Waals surface area contributed by atoms with E-state index in [2.05, 4.69) is 0 Å². The SMILES string of the molecule is CC[C@@H](OC(C)=O)[C@@H](OC(C)=O)C1O[C@](OC(C)=O)(C(=O)OC)CC(C)[C@H]1C. The van der Waals surface area contributed by atoms with Gasteiger partial charge in [0.15, 0.2) is 6.10 Å². The van der Waals surface area contributed by atoms with Crippen LogP contribution in [0.15, 0.2) is 0 Å². The van der Waals surface area contributed by atoms with Crippen molar-refractivity contribution in [2.75, 3.05) is 7.11 Å². The fraction of sp³-hybridized carbons (Fsp3) is 0.789. The van der Waals surface area contributed by atoms with E-state index >= 15 is 0 Å². The molecule has 0 aromatic rings. The summed E-state index contributed by atoms with van der Waals surface area (Å²) in [6.45, 7) is 9.12. The third kappa shape index (κ3) is 5.67. The predicted molar refractivity (Wildman–Crippen MR) is 95.7 cm³/mol. The molecule has 1 aliphatic rings. The number of carbonyl (C=O) groups excluding carboxylic acids is 4. The third-order valence-corrected chi connectivity index (χ3v) is 4.85. The zero-order valence-corrected chi connectivity index (χ0v) is 17.5. The van der Waals surface area contributed by atoms with Crippen molar-refractivity contribution < 1.29 is 42.9 Å². The van der Waals surface area contributed by atoms with Crippen LogP contribution in [0, 0.1) is 11.8 Å². The summed E-state index contributed by atoms with van der Waals surface area (Å²) in [5.74, 6) is -5.06. The van der Waals surface area contributed by atoms with E-state index in [0.717, 1.165) is 14.0 Å². The van der Waals surface area contributed by atoms with Gasteiger partial charge >= 0.3 is 29.7 Å². The average molecular weight is 402 g/mol. The summed E-state index contributed by atoms with van der Waals surface area (Å²) in [7, 11) is 1.16. The van der Waals surface area contributed by atoms with E-state index in [0.29, 0.717) is 6.42 Å². The summed E-state index contributed by atoms with van der Waals surface area (Å²) in [5.41, 5.74) is 0. The van der Waals surface area contributed by atoms with E-state index < -0.39 is 48.0 Å². The van der Waals surface area contributed by atoms with Crippen LogP contribution in [-0.2, 0) is 42.9 Å². The third-order valence-electron chi connectivity index (χ3n) is 4.85. The van der Waals surface area contributed by atoms with Crippen LogP contribution in [0.2, 0.25) is 0 Å². The van der Waals surface area contributed by atoms with Gasteiger partial charge in [-0.3, -0.25) is 14.4 Å². The van der Waals surface area contributed by atoms with Gasteiger partial charge in [0, 0.05) is 27.2 Å². The van der Waals surface area contributed by atoms with E-state index in [4.69, 9.17) is 23.7 Å². The molecule has 0 saturated carbocycles. The van der Waals surface area contributed by atoms with Crippen LogP contribution in [0.3, 0.4) is 0 Å². The first kappa shape index (κ1) is 23.9. The molecule has 0 aliphatic carbocycles. The highest BCUT2D eigenvalue weighted by molar-refractivity contribution is 5.81. The Morgan fingerprint density at radius 2 is 1.61 bits per heavy atom. The Hall–Kier alpha value is -2.16. The molecule has 1 aliphatic heterocycles. The van der Waals surface area contributed by atoms with Gasteiger partial charge in [0.1, 0.15) is 12.2 Å². The quantitative estimate of drug-likeness (QED) is 0.464. The van der Waals surface area contributed by atoms with Crippen molar-refractivity contribution in [2.45, 2.75) is 78.5 Å². The minimum atomic E-state index is -1.97. The Labute approximate surface area is 165 Å². The Kier molecular flexibility index (Phi) is 8.41. The van der Waals surface area contributed by atoms with E-state index in [9.17, 15) is 19.2 Å². The summed E-state index contributed by atoms with van der Waals surface area (Å²) in [4.78, 5) is 47.4. The average Bonchev–Trinajstić information content (AvgIpc) is 2.59. The Bertz CT molecular complexity index is 602.